The maximum absolute atomic E-state index is 9.18. The van der Waals surface area contributed by atoms with Crippen molar-refractivity contribution in [1.82, 2.24) is 9.78 Å². The van der Waals surface area contributed by atoms with E-state index < -0.39 is 0 Å². The minimum absolute atomic E-state index is 0.0219. The van der Waals surface area contributed by atoms with Crippen molar-refractivity contribution in [2.24, 2.45) is 0 Å². The molecular formula is C22H18N4O3. The van der Waals surface area contributed by atoms with Gasteiger partial charge in [0.15, 0.2) is 11.5 Å². The summed E-state index contributed by atoms with van der Waals surface area (Å²) in [4.78, 5) is 0. The molecule has 0 fully saturated rings. The van der Waals surface area contributed by atoms with Crippen LogP contribution in [0.3, 0.4) is 0 Å². The number of hydrogen-bond donors (Lipinski definition) is 0. The molecule has 0 aliphatic rings. The lowest BCUT2D eigenvalue weighted by atomic mass is 10.0. The van der Waals surface area contributed by atoms with Crippen LogP contribution >= 0.6 is 0 Å². The fourth-order valence-corrected chi connectivity index (χ4v) is 2.89. The van der Waals surface area contributed by atoms with E-state index in [-0.39, 0.29) is 5.57 Å². The zero-order valence-electron chi connectivity index (χ0n) is 16.2. The molecule has 0 N–H and O–H groups in total. The van der Waals surface area contributed by atoms with Crippen molar-refractivity contribution < 1.29 is 14.2 Å². The van der Waals surface area contributed by atoms with Gasteiger partial charge >= 0.3 is 0 Å². The Hall–Kier alpha value is -4.23. The van der Waals surface area contributed by atoms with Gasteiger partial charge in [0, 0.05) is 17.3 Å². The zero-order chi connectivity index (χ0) is 20.8. The Morgan fingerprint density at radius 2 is 1.59 bits per heavy atom. The molecule has 0 spiro atoms. The van der Waals surface area contributed by atoms with Gasteiger partial charge in [-0.25, -0.2) is 4.68 Å². The molecule has 7 heteroatoms. The molecule has 0 aliphatic heterocycles. The summed E-state index contributed by atoms with van der Waals surface area (Å²) in [5.74, 6) is 1.42. The Balaban J connectivity index is 2.26. The predicted molar refractivity (Wildman–Crippen MR) is 108 cm³/mol. The van der Waals surface area contributed by atoms with E-state index in [1.807, 2.05) is 42.5 Å². The molecule has 1 heterocycles. The molecule has 0 saturated carbocycles. The lowest BCUT2D eigenvalue weighted by Crippen LogP contribution is -1.97. The molecular weight excluding hydrogens is 368 g/mol. The third-order valence-electron chi connectivity index (χ3n) is 4.24. The average Bonchev–Trinajstić information content (AvgIpc) is 3.20. The minimum Gasteiger partial charge on any atom is -0.493 e. The number of benzene rings is 2. The lowest BCUT2D eigenvalue weighted by Gasteiger charge is -2.13. The highest BCUT2D eigenvalue weighted by atomic mass is 16.5. The highest BCUT2D eigenvalue weighted by molar-refractivity contribution is 5.78. The molecule has 2 aromatic carbocycles. The molecule has 0 amide bonds. The SMILES string of the molecule is COc1cc(-c2nn(-c3ccccc3)cc2C=C(C#N)C#N)cc(OC)c1OC. The Morgan fingerprint density at radius 3 is 2.10 bits per heavy atom. The van der Waals surface area contributed by atoms with Crippen molar-refractivity contribution in [3.63, 3.8) is 0 Å². The number of hydrogen-bond acceptors (Lipinski definition) is 6. The quantitative estimate of drug-likeness (QED) is 0.595. The van der Waals surface area contributed by atoms with E-state index in [0.29, 0.717) is 34.1 Å². The van der Waals surface area contributed by atoms with Crippen LogP contribution in [-0.2, 0) is 0 Å². The Kier molecular flexibility index (Phi) is 5.82. The summed E-state index contributed by atoms with van der Waals surface area (Å²) in [6.45, 7) is 0. The summed E-state index contributed by atoms with van der Waals surface area (Å²) in [7, 11) is 4.60. The summed E-state index contributed by atoms with van der Waals surface area (Å²) in [5, 5.41) is 23.0. The second kappa shape index (κ2) is 8.64. The molecule has 144 valence electrons. The van der Waals surface area contributed by atoms with Gasteiger partial charge < -0.3 is 14.2 Å². The first kappa shape index (κ1) is 19.5. The predicted octanol–water partition coefficient (Wildman–Crippen LogP) is 4.00. The first-order valence-corrected chi connectivity index (χ1v) is 8.62. The van der Waals surface area contributed by atoms with Crippen molar-refractivity contribution >= 4 is 6.08 Å². The van der Waals surface area contributed by atoms with Gasteiger partial charge in [0.05, 0.1) is 27.0 Å². The number of allylic oxidation sites excluding steroid dienone is 1. The van der Waals surface area contributed by atoms with Gasteiger partial charge in [-0.2, -0.15) is 15.6 Å². The van der Waals surface area contributed by atoms with Crippen LogP contribution in [0.25, 0.3) is 23.0 Å². The molecule has 29 heavy (non-hydrogen) atoms. The van der Waals surface area contributed by atoms with Gasteiger partial charge in [0.2, 0.25) is 5.75 Å². The van der Waals surface area contributed by atoms with Crippen molar-refractivity contribution in [1.29, 1.82) is 10.5 Å². The van der Waals surface area contributed by atoms with Crippen LogP contribution in [0.1, 0.15) is 5.56 Å². The molecule has 3 rings (SSSR count). The van der Waals surface area contributed by atoms with Crippen molar-refractivity contribution in [3.8, 4) is 46.3 Å². The molecule has 0 unspecified atom stereocenters. The van der Waals surface area contributed by atoms with Crippen LogP contribution in [-0.4, -0.2) is 31.1 Å². The van der Waals surface area contributed by atoms with E-state index >= 15 is 0 Å². The van der Waals surface area contributed by atoms with Crippen LogP contribution in [0.4, 0.5) is 0 Å². The third kappa shape index (κ3) is 3.90. The largest absolute Gasteiger partial charge is 0.493 e. The number of aromatic nitrogens is 2. The number of nitrogens with zero attached hydrogens (tertiary/aromatic N) is 4. The van der Waals surface area contributed by atoms with Crippen LogP contribution in [0.5, 0.6) is 17.2 Å². The zero-order valence-corrected chi connectivity index (χ0v) is 16.2. The molecule has 1 aromatic heterocycles. The van der Waals surface area contributed by atoms with Crippen LogP contribution < -0.4 is 14.2 Å². The Bertz CT molecular complexity index is 1090. The average molecular weight is 386 g/mol. The second-order valence-corrected chi connectivity index (χ2v) is 5.91. The smallest absolute Gasteiger partial charge is 0.203 e. The second-order valence-electron chi connectivity index (χ2n) is 5.91. The van der Waals surface area contributed by atoms with E-state index in [1.54, 1.807) is 23.0 Å². The van der Waals surface area contributed by atoms with Gasteiger partial charge in [-0.3, -0.25) is 0 Å². The third-order valence-corrected chi connectivity index (χ3v) is 4.24. The summed E-state index contributed by atoms with van der Waals surface area (Å²) in [6, 6.07) is 16.9. The van der Waals surface area contributed by atoms with Crippen LogP contribution in [0.15, 0.2) is 54.2 Å². The van der Waals surface area contributed by atoms with Crippen LogP contribution in [0, 0.1) is 22.7 Å². The van der Waals surface area contributed by atoms with E-state index in [2.05, 4.69) is 5.10 Å². The number of ether oxygens (including phenoxy) is 3. The molecule has 0 aliphatic carbocycles. The molecule has 0 bridgehead atoms. The van der Waals surface area contributed by atoms with Crippen molar-refractivity contribution in [2.75, 3.05) is 21.3 Å². The number of methoxy groups -OCH3 is 3. The minimum atomic E-state index is -0.0219. The lowest BCUT2D eigenvalue weighted by molar-refractivity contribution is 0.324. The first-order chi connectivity index (χ1) is 14.1. The molecule has 3 aromatic rings. The van der Waals surface area contributed by atoms with Gasteiger partial charge in [-0.15, -0.1) is 0 Å². The van der Waals surface area contributed by atoms with E-state index in [9.17, 15) is 10.5 Å². The van der Waals surface area contributed by atoms with Gasteiger partial charge in [0.1, 0.15) is 23.4 Å². The molecule has 0 saturated heterocycles. The number of para-hydroxylation sites is 1. The van der Waals surface area contributed by atoms with Crippen molar-refractivity contribution in [2.45, 2.75) is 0 Å². The highest BCUT2D eigenvalue weighted by Crippen LogP contribution is 2.41. The maximum atomic E-state index is 9.18. The first-order valence-electron chi connectivity index (χ1n) is 8.62. The Labute approximate surface area is 168 Å². The summed E-state index contributed by atoms with van der Waals surface area (Å²) in [5.41, 5.74) is 2.69. The maximum Gasteiger partial charge on any atom is 0.203 e. The Morgan fingerprint density at radius 1 is 0.966 bits per heavy atom. The van der Waals surface area contributed by atoms with E-state index in [4.69, 9.17) is 14.2 Å². The van der Waals surface area contributed by atoms with Crippen molar-refractivity contribution in [3.05, 3.63) is 59.8 Å². The van der Waals surface area contributed by atoms with Gasteiger partial charge in [-0.05, 0) is 30.3 Å². The topological polar surface area (TPSA) is 93.1 Å². The summed E-state index contributed by atoms with van der Waals surface area (Å²) >= 11 is 0. The molecule has 7 nitrogen and oxygen atoms in total. The number of rotatable bonds is 6. The number of nitriles is 2. The molecule has 0 radical (unpaired) electrons. The van der Waals surface area contributed by atoms with E-state index in [1.165, 1.54) is 27.4 Å². The fourth-order valence-electron chi connectivity index (χ4n) is 2.89. The standard InChI is InChI=1S/C22H18N4O3/c1-27-19-10-16(11-20(28-2)22(19)29-3)21-17(9-15(12-23)13-24)14-26(25-21)18-7-5-4-6-8-18/h4-11,14H,1-3H3. The van der Waals surface area contributed by atoms with E-state index in [0.717, 1.165) is 5.69 Å². The molecule has 0 atom stereocenters. The normalized spacial score (nSPS) is 9.83. The monoisotopic (exact) mass is 386 g/mol. The highest BCUT2D eigenvalue weighted by Gasteiger charge is 2.18. The summed E-state index contributed by atoms with van der Waals surface area (Å²) in [6.07, 6.45) is 3.27. The van der Waals surface area contributed by atoms with Gasteiger partial charge in [-0.1, -0.05) is 18.2 Å². The van der Waals surface area contributed by atoms with Crippen LogP contribution in [0.2, 0.25) is 0 Å². The van der Waals surface area contributed by atoms with Gasteiger partial charge in [0.25, 0.3) is 0 Å². The fraction of sp³-hybridized carbons (Fsp3) is 0.136. The summed E-state index contributed by atoms with van der Waals surface area (Å²) < 4.78 is 17.9.